The molecule has 7 nitrogen and oxygen atoms in total. The first kappa shape index (κ1) is 16.1. The SMILES string of the molecule is O=C(NCc1nc2ccccc2[nH]1)Nc1cccc(NC(=O)C2CC2)c1. The smallest absolute Gasteiger partial charge is 0.319 e. The Morgan fingerprint density at radius 2 is 1.81 bits per heavy atom. The second-order valence-electron chi connectivity index (χ2n) is 6.35. The lowest BCUT2D eigenvalue weighted by molar-refractivity contribution is -0.117. The number of urea groups is 1. The first-order chi connectivity index (χ1) is 12.7. The molecule has 7 heteroatoms. The van der Waals surface area contributed by atoms with Gasteiger partial charge in [0, 0.05) is 17.3 Å². The van der Waals surface area contributed by atoms with E-state index in [0.29, 0.717) is 23.7 Å². The number of nitrogens with zero attached hydrogens (tertiary/aromatic N) is 1. The van der Waals surface area contributed by atoms with Gasteiger partial charge in [0.15, 0.2) is 0 Å². The van der Waals surface area contributed by atoms with Crippen molar-refractivity contribution in [3.8, 4) is 0 Å². The number of amides is 3. The van der Waals surface area contributed by atoms with Gasteiger partial charge in [0.05, 0.1) is 17.6 Å². The molecule has 26 heavy (non-hydrogen) atoms. The molecule has 1 aliphatic carbocycles. The Balaban J connectivity index is 1.33. The summed E-state index contributed by atoms with van der Waals surface area (Å²) in [6, 6.07) is 14.5. The zero-order chi connectivity index (χ0) is 17.9. The monoisotopic (exact) mass is 349 g/mol. The van der Waals surface area contributed by atoms with Gasteiger partial charge in [0.1, 0.15) is 5.82 Å². The highest BCUT2D eigenvalue weighted by Gasteiger charge is 2.29. The van der Waals surface area contributed by atoms with E-state index in [9.17, 15) is 9.59 Å². The molecule has 3 aromatic rings. The Morgan fingerprint density at radius 3 is 2.58 bits per heavy atom. The molecule has 4 rings (SSSR count). The van der Waals surface area contributed by atoms with Gasteiger partial charge >= 0.3 is 6.03 Å². The summed E-state index contributed by atoms with van der Waals surface area (Å²) in [6.07, 6.45) is 1.90. The molecule has 0 saturated heterocycles. The van der Waals surface area contributed by atoms with Crippen LogP contribution in [0, 0.1) is 5.92 Å². The normalized spacial score (nSPS) is 13.4. The molecule has 132 valence electrons. The lowest BCUT2D eigenvalue weighted by Gasteiger charge is -2.09. The van der Waals surface area contributed by atoms with Crippen molar-refractivity contribution in [3.05, 3.63) is 54.4 Å². The van der Waals surface area contributed by atoms with Gasteiger partial charge < -0.3 is 20.9 Å². The number of carbonyl (C=O) groups is 2. The van der Waals surface area contributed by atoms with E-state index in [1.165, 1.54) is 0 Å². The minimum Gasteiger partial charge on any atom is -0.340 e. The van der Waals surface area contributed by atoms with E-state index in [1.54, 1.807) is 24.3 Å². The quantitative estimate of drug-likeness (QED) is 0.569. The fourth-order valence-electron chi connectivity index (χ4n) is 2.69. The number of hydrogen-bond acceptors (Lipinski definition) is 3. The molecule has 1 heterocycles. The van der Waals surface area contributed by atoms with E-state index in [4.69, 9.17) is 0 Å². The third-order valence-corrected chi connectivity index (χ3v) is 4.19. The maximum absolute atomic E-state index is 12.1. The topological polar surface area (TPSA) is 98.9 Å². The Labute approximate surface area is 150 Å². The van der Waals surface area contributed by atoms with E-state index < -0.39 is 0 Å². The van der Waals surface area contributed by atoms with Crippen LogP contribution in [0.15, 0.2) is 48.5 Å². The number of anilines is 2. The van der Waals surface area contributed by atoms with Crippen LogP contribution in [0.4, 0.5) is 16.2 Å². The highest BCUT2D eigenvalue weighted by atomic mass is 16.2. The summed E-state index contributed by atoms with van der Waals surface area (Å²) in [7, 11) is 0. The zero-order valence-electron chi connectivity index (χ0n) is 14.1. The highest BCUT2D eigenvalue weighted by molar-refractivity contribution is 5.95. The summed E-state index contributed by atoms with van der Waals surface area (Å²) < 4.78 is 0. The first-order valence-electron chi connectivity index (χ1n) is 8.57. The largest absolute Gasteiger partial charge is 0.340 e. The molecule has 1 aromatic heterocycles. The van der Waals surface area contributed by atoms with Crippen molar-refractivity contribution in [3.63, 3.8) is 0 Å². The summed E-state index contributed by atoms with van der Waals surface area (Å²) in [5.41, 5.74) is 3.09. The van der Waals surface area contributed by atoms with Crippen molar-refractivity contribution >= 4 is 34.3 Å². The molecule has 1 saturated carbocycles. The van der Waals surface area contributed by atoms with Crippen LogP contribution >= 0.6 is 0 Å². The number of carbonyl (C=O) groups excluding carboxylic acids is 2. The molecule has 0 aliphatic heterocycles. The van der Waals surface area contributed by atoms with Crippen LogP contribution in [-0.2, 0) is 11.3 Å². The molecule has 1 fully saturated rings. The number of para-hydroxylation sites is 2. The fraction of sp³-hybridized carbons (Fsp3) is 0.211. The van der Waals surface area contributed by atoms with Gasteiger partial charge in [0.2, 0.25) is 5.91 Å². The van der Waals surface area contributed by atoms with Crippen LogP contribution in [-0.4, -0.2) is 21.9 Å². The minimum absolute atomic E-state index is 0.0384. The van der Waals surface area contributed by atoms with Crippen molar-refractivity contribution in [1.29, 1.82) is 0 Å². The number of imidazole rings is 1. The van der Waals surface area contributed by atoms with Crippen LogP contribution in [0.2, 0.25) is 0 Å². The maximum atomic E-state index is 12.1. The molecule has 3 amide bonds. The van der Waals surface area contributed by atoms with Gasteiger partial charge in [-0.25, -0.2) is 9.78 Å². The van der Waals surface area contributed by atoms with E-state index in [2.05, 4.69) is 25.9 Å². The Bertz CT molecular complexity index is 928. The second-order valence-corrected chi connectivity index (χ2v) is 6.35. The van der Waals surface area contributed by atoms with Crippen LogP contribution < -0.4 is 16.0 Å². The van der Waals surface area contributed by atoms with Gasteiger partial charge in [-0.1, -0.05) is 18.2 Å². The number of benzene rings is 2. The number of aromatic amines is 1. The summed E-state index contributed by atoms with van der Waals surface area (Å²) >= 11 is 0. The summed E-state index contributed by atoms with van der Waals surface area (Å²) in [5.74, 6) is 0.863. The molecule has 0 spiro atoms. The Morgan fingerprint density at radius 1 is 1.04 bits per heavy atom. The van der Waals surface area contributed by atoms with Crippen LogP contribution in [0.5, 0.6) is 0 Å². The predicted molar refractivity (Wildman–Crippen MR) is 99.7 cm³/mol. The van der Waals surface area contributed by atoms with Gasteiger partial charge in [-0.05, 0) is 43.2 Å². The number of hydrogen-bond donors (Lipinski definition) is 4. The van der Waals surface area contributed by atoms with Crippen molar-refractivity contribution in [2.24, 2.45) is 5.92 Å². The molecule has 0 unspecified atom stereocenters. The first-order valence-corrected chi connectivity index (χ1v) is 8.57. The summed E-state index contributed by atoms with van der Waals surface area (Å²) in [5, 5.41) is 8.39. The number of aromatic nitrogens is 2. The van der Waals surface area contributed by atoms with Gasteiger partial charge in [-0.15, -0.1) is 0 Å². The minimum atomic E-state index is -0.337. The van der Waals surface area contributed by atoms with Gasteiger partial charge in [0.25, 0.3) is 0 Å². The summed E-state index contributed by atoms with van der Waals surface area (Å²) in [6.45, 7) is 0.290. The van der Waals surface area contributed by atoms with E-state index in [1.807, 2.05) is 24.3 Å². The number of nitrogens with one attached hydrogen (secondary N) is 4. The highest BCUT2D eigenvalue weighted by Crippen LogP contribution is 2.30. The third kappa shape index (κ3) is 3.83. The third-order valence-electron chi connectivity index (χ3n) is 4.19. The second kappa shape index (κ2) is 6.87. The lowest BCUT2D eigenvalue weighted by atomic mass is 10.2. The molecular weight excluding hydrogens is 330 g/mol. The van der Waals surface area contributed by atoms with Crippen LogP contribution in [0.3, 0.4) is 0 Å². The molecule has 1 aliphatic rings. The van der Waals surface area contributed by atoms with E-state index in [0.717, 1.165) is 23.9 Å². The molecule has 0 atom stereocenters. The molecule has 0 radical (unpaired) electrons. The van der Waals surface area contributed by atoms with Crippen LogP contribution in [0.1, 0.15) is 18.7 Å². The molecular formula is C19H19N5O2. The van der Waals surface area contributed by atoms with E-state index in [-0.39, 0.29) is 17.9 Å². The molecule has 4 N–H and O–H groups in total. The summed E-state index contributed by atoms with van der Waals surface area (Å²) in [4.78, 5) is 31.5. The predicted octanol–water partition coefficient (Wildman–Crippen LogP) is 3.23. The number of fused-ring (bicyclic) bond motifs is 1. The lowest BCUT2D eigenvalue weighted by Crippen LogP contribution is -2.28. The van der Waals surface area contributed by atoms with E-state index >= 15 is 0 Å². The fourth-order valence-corrected chi connectivity index (χ4v) is 2.69. The molecule has 0 bridgehead atoms. The van der Waals surface area contributed by atoms with Crippen molar-refractivity contribution in [2.45, 2.75) is 19.4 Å². The van der Waals surface area contributed by atoms with Crippen molar-refractivity contribution in [1.82, 2.24) is 15.3 Å². The van der Waals surface area contributed by atoms with Crippen molar-refractivity contribution < 1.29 is 9.59 Å². The zero-order valence-corrected chi connectivity index (χ0v) is 14.1. The standard InChI is InChI=1S/C19H19N5O2/c25-18(12-8-9-12)21-13-4-3-5-14(10-13)22-19(26)20-11-17-23-15-6-1-2-7-16(15)24-17/h1-7,10,12H,8-9,11H2,(H,21,25)(H,23,24)(H2,20,22,26). The van der Waals surface area contributed by atoms with Gasteiger partial charge in [-0.2, -0.15) is 0 Å². The van der Waals surface area contributed by atoms with Crippen LogP contribution in [0.25, 0.3) is 11.0 Å². The maximum Gasteiger partial charge on any atom is 0.319 e. The number of rotatable bonds is 5. The average molecular weight is 349 g/mol. The van der Waals surface area contributed by atoms with Crippen molar-refractivity contribution in [2.75, 3.05) is 10.6 Å². The number of H-pyrrole nitrogens is 1. The van der Waals surface area contributed by atoms with Gasteiger partial charge in [-0.3, -0.25) is 4.79 Å². The Hall–Kier alpha value is -3.35. The Kier molecular flexibility index (Phi) is 4.27. The molecule has 2 aromatic carbocycles. The average Bonchev–Trinajstić information content (AvgIpc) is 3.40.